The maximum atomic E-state index is 12.0. The molecule has 1 aliphatic carbocycles. The summed E-state index contributed by atoms with van der Waals surface area (Å²) >= 11 is 0. The number of hydrogen-bond donors (Lipinski definition) is 1. The molecule has 0 aliphatic heterocycles. The Kier molecular flexibility index (Phi) is 4.79. The zero-order valence-electron chi connectivity index (χ0n) is 15.7. The van der Waals surface area contributed by atoms with Crippen LogP contribution in [0.15, 0.2) is 24.8 Å². The molecule has 142 valence electrons. The van der Waals surface area contributed by atoms with Crippen molar-refractivity contribution in [3.05, 3.63) is 36.0 Å². The fourth-order valence-corrected chi connectivity index (χ4v) is 3.25. The van der Waals surface area contributed by atoms with Crippen LogP contribution in [0.2, 0.25) is 0 Å². The molecular weight excluding hydrogens is 344 g/mol. The highest BCUT2D eigenvalue weighted by molar-refractivity contribution is 5.84. The van der Waals surface area contributed by atoms with Crippen LogP contribution in [0.25, 0.3) is 11.0 Å². The van der Waals surface area contributed by atoms with Crippen LogP contribution in [0.4, 0.5) is 0 Å². The number of pyridine rings is 1. The number of aromatic nitrogens is 5. The summed E-state index contributed by atoms with van der Waals surface area (Å²) in [5.41, 5.74) is 3.04. The van der Waals surface area contributed by atoms with E-state index in [-0.39, 0.29) is 12.5 Å². The smallest absolute Gasteiger partial charge is 0.258 e. The molecule has 27 heavy (non-hydrogen) atoms. The highest BCUT2D eigenvalue weighted by atomic mass is 16.5. The number of fused-ring (bicyclic) bond motifs is 1. The summed E-state index contributed by atoms with van der Waals surface area (Å²) in [5.74, 6) is 0.872. The van der Waals surface area contributed by atoms with Gasteiger partial charge in [0.25, 0.3) is 5.91 Å². The van der Waals surface area contributed by atoms with Crippen molar-refractivity contribution in [3.63, 3.8) is 0 Å². The van der Waals surface area contributed by atoms with E-state index in [0.29, 0.717) is 18.3 Å². The van der Waals surface area contributed by atoms with Gasteiger partial charge in [0, 0.05) is 49.9 Å². The van der Waals surface area contributed by atoms with Gasteiger partial charge in [0.1, 0.15) is 0 Å². The fraction of sp³-hybridized carbons (Fsp3) is 0.474. The lowest BCUT2D eigenvalue weighted by Crippen LogP contribution is -2.30. The number of carbonyl (C=O) groups is 1. The van der Waals surface area contributed by atoms with Crippen molar-refractivity contribution in [3.8, 4) is 5.88 Å². The lowest BCUT2D eigenvalue weighted by Gasteiger charge is -2.08. The van der Waals surface area contributed by atoms with E-state index in [1.165, 1.54) is 12.8 Å². The van der Waals surface area contributed by atoms with Crippen LogP contribution in [0.3, 0.4) is 0 Å². The Bertz CT molecular complexity index is 943. The van der Waals surface area contributed by atoms with Crippen molar-refractivity contribution in [2.24, 2.45) is 7.05 Å². The average Bonchev–Trinajstić information content (AvgIpc) is 3.26. The highest BCUT2D eigenvalue weighted by Gasteiger charge is 2.30. The number of hydrogen-bond acceptors (Lipinski definition) is 5. The van der Waals surface area contributed by atoms with E-state index < -0.39 is 0 Å². The monoisotopic (exact) mass is 368 g/mol. The molecule has 1 aliphatic rings. The van der Waals surface area contributed by atoms with Gasteiger partial charge in [0.15, 0.2) is 12.3 Å². The molecule has 0 radical (unpaired) electrons. The maximum Gasteiger partial charge on any atom is 0.258 e. The lowest BCUT2D eigenvalue weighted by atomic mass is 10.1. The van der Waals surface area contributed by atoms with Crippen molar-refractivity contribution in [1.82, 2.24) is 29.6 Å². The van der Waals surface area contributed by atoms with Gasteiger partial charge in [-0.3, -0.25) is 9.48 Å². The summed E-state index contributed by atoms with van der Waals surface area (Å²) in [5, 5.41) is 8.62. The van der Waals surface area contributed by atoms with Crippen LogP contribution in [-0.2, 0) is 18.4 Å². The van der Waals surface area contributed by atoms with E-state index in [1.54, 1.807) is 17.2 Å². The second-order valence-corrected chi connectivity index (χ2v) is 7.05. The number of aryl methyl sites for hydroxylation is 3. The molecule has 3 heterocycles. The molecule has 0 atom stereocenters. The maximum absolute atomic E-state index is 12.0. The number of nitrogens with one attached hydrogen (secondary N) is 1. The van der Waals surface area contributed by atoms with Gasteiger partial charge >= 0.3 is 0 Å². The van der Waals surface area contributed by atoms with Gasteiger partial charge in [-0.25, -0.2) is 4.98 Å². The second-order valence-electron chi connectivity index (χ2n) is 7.05. The first-order valence-corrected chi connectivity index (χ1v) is 9.31. The van der Waals surface area contributed by atoms with E-state index in [1.807, 2.05) is 30.8 Å². The average molecular weight is 368 g/mol. The van der Waals surface area contributed by atoms with E-state index in [0.717, 1.165) is 35.3 Å². The first kappa shape index (κ1) is 17.5. The van der Waals surface area contributed by atoms with Crippen LogP contribution in [-0.4, -0.2) is 43.4 Å². The topological polar surface area (TPSA) is 86.9 Å². The number of ether oxygens (including phenoxy) is 1. The molecule has 1 amide bonds. The molecule has 8 heteroatoms. The largest absolute Gasteiger partial charge is 0.468 e. The summed E-state index contributed by atoms with van der Waals surface area (Å²) in [6, 6.07) is 1.89. The SMILES string of the molecule is Cc1cc(OCC(=O)NCCCn2ccnc2)nc2c1c(C1CC1)nn2C. The van der Waals surface area contributed by atoms with Crippen LogP contribution >= 0.6 is 0 Å². The van der Waals surface area contributed by atoms with Crippen LogP contribution in [0.5, 0.6) is 5.88 Å². The molecule has 4 rings (SSSR count). The Hall–Kier alpha value is -2.90. The summed E-state index contributed by atoms with van der Waals surface area (Å²) in [4.78, 5) is 20.5. The molecule has 3 aromatic rings. The van der Waals surface area contributed by atoms with E-state index in [2.05, 4.69) is 20.4 Å². The van der Waals surface area contributed by atoms with Crippen molar-refractivity contribution >= 4 is 16.9 Å². The Morgan fingerprint density at radius 2 is 2.26 bits per heavy atom. The Morgan fingerprint density at radius 1 is 1.41 bits per heavy atom. The molecular formula is C19H24N6O2. The van der Waals surface area contributed by atoms with Gasteiger partial charge in [-0.05, 0) is 31.7 Å². The van der Waals surface area contributed by atoms with Crippen molar-refractivity contribution in [2.45, 2.75) is 38.6 Å². The fourth-order valence-electron chi connectivity index (χ4n) is 3.25. The van der Waals surface area contributed by atoms with E-state index in [9.17, 15) is 4.79 Å². The van der Waals surface area contributed by atoms with Gasteiger partial charge < -0.3 is 14.6 Å². The third kappa shape index (κ3) is 3.94. The van der Waals surface area contributed by atoms with E-state index in [4.69, 9.17) is 4.74 Å². The number of nitrogens with zero attached hydrogens (tertiary/aromatic N) is 5. The predicted molar refractivity (Wildman–Crippen MR) is 101 cm³/mol. The second kappa shape index (κ2) is 7.38. The Balaban J connectivity index is 1.32. The minimum atomic E-state index is -0.149. The normalized spacial score (nSPS) is 13.9. The molecule has 0 saturated heterocycles. The van der Waals surface area contributed by atoms with Crippen molar-refractivity contribution in [1.29, 1.82) is 0 Å². The number of carbonyl (C=O) groups excluding carboxylic acids is 1. The van der Waals surface area contributed by atoms with Crippen molar-refractivity contribution < 1.29 is 9.53 Å². The van der Waals surface area contributed by atoms with Gasteiger partial charge in [-0.2, -0.15) is 10.1 Å². The first-order valence-electron chi connectivity index (χ1n) is 9.31. The minimum absolute atomic E-state index is 0.0453. The summed E-state index contributed by atoms with van der Waals surface area (Å²) in [6.45, 7) is 3.41. The molecule has 8 nitrogen and oxygen atoms in total. The number of rotatable bonds is 8. The molecule has 3 aromatic heterocycles. The summed E-state index contributed by atoms with van der Waals surface area (Å²) < 4.78 is 9.41. The van der Waals surface area contributed by atoms with Crippen LogP contribution in [0, 0.1) is 6.92 Å². The third-order valence-corrected chi connectivity index (χ3v) is 4.78. The third-order valence-electron chi connectivity index (χ3n) is 4.78. The first-order chi connectivity index (χ1) is 13.1. The zero-order valence-corrected chi connectivity index (χ0v) is 15.7. The van der Waals surface area contributed by atoms with Gasteiger partial charge in [-0.15, -0.1) is 0 Å². The minimum Gasteiger partial charge on any atom is -0.468 e. The van der Waals surface area contributed by atoms with Gasteiger partial charge in [0.05, 0.1) is 12.0 Å². The molecule has 1 saturated carbocycles. The Labute approximate surface area is 157 Å². The highest BCUT2D eigenvalue weighted by Crippen LogP contribution is 2.43. The molecule has 0 bridgehead atoms. The molecule has 1 fully saturated rings. The molecule has 0 aromatic carbocycles. The predicted octanol–water partition coefficient (Wildman–Crippen LogP) is 1.94. The number of imidazole rings is 1. The lowest BCUT2D eigenvalue weighted by molar-refractivity contribution is -0.123. The van der Waals surface area contributed by atoms with Crippen LogP contribution in [0.1, 0.15) is 36.4 Å². The summed E-state index contributed by atoms with van der Waals surface area (Å²) in [7, 11) is 1.90. The molecule has 0 spiro atoms. The van der Waals surface area contributed by atoms with Crippen molar-refractivity contribution in [2.75, 3.05) is 13.2 Å². The molecule has 0 unspecified atom stereocenters. The standard InChI is InChI=1S/C19H24N6O2/c1-13-10-16(22-19-17(13)18(14-4-5-14)23-24(19)2)27-11-15(26)21-6-3-8-25-9-7-20-12-25/h7,9-10,12,14H,3-6,8,11H2,1-2H3,(H,21,26). The van der Waals surface area contributed by atoms with Gasteiger partial charge in [0.2, 0.25) is 5.88 Å². The van der Waals surface area contributed by atoms with Crippen LogP contribution < -0.4 is 10.1 Å². The number of amides is 1. The van der Waals surface area contributed by atoms with Gasteiger partial charge in [-0.1, -0.05) is 0 Å². The summed E-state index contributed by atoms with van der Waals surface area (Å²) in [6.07, 6.45) is 8.65. The quantitative estimate of drug-likeness (QED) is 0.614. The molecule has 1 N–H and O–H groups in total. The van der Waals surface area contributed by atoms with E-state index >= 15 is 0 Å². The zero-order chi connectivity index (χ0) is 18.8. The Morgan fingerprint density at radius 3 is 3.00 bits per heavy atom.